The Morgan fingerprint density at radius 1 is 1.20 bits per heavy atom. The number of hydrogen-bond acceptors (Lipinski definition) is 5. The lowest BCUT2D eigenvalue weighted by atomic mass is 9.89. The van der Waals surface area contributed by atoms with E-state index in [1.54, 1.807) is 4.90 Å². The fraction of sp³-hybridized carbons (Fsp3) is 0.714. The quantitative estimate of drug-likeness (QED) is 0.587. The second kappa shape index (κ2) is 11.7. The Morgan fingerprint density at radius 2 is 1.94 bits per heavy atom. The van der Waals surface area contributed by atoms with Crippen molar-refractivity contribution in [2.24, 2.45) is 17.8 Å². The molecule has 0 unspecified atom stereocenters. The van der Waals surface area contributed by atoms with Crippen LogP contribution in [0.1, 0.15) is 64.4 Å². The van der Waals surface area contributed by atoms with Gasteiger partial charge in [-0.25, -0.2) is 0 Å². The number of likely N-dealkylation sites (N-methyl/N-ethyl adjacent to an activating group) is 1. The molecule has 1 heterocycles. The summed E-state index contributed by atoms with van der Waals surface area (Å²) in [6, 6.07) is 5.40. The molecule has 1 aromatic rings. The third-order valence-electron chi connectivity index (χ3n) is 7.92. The van der Waals surface area contributed by atoms with Crippen molar-refractivity contribution in [2.45, 2.75) is 77.4 Å². The van der Waals surface area contributed by atoms with E-state index < -0.39 is 0 Å². The van der Waals surface area contributed by atoms with E-state index in [1.165, 1.54) is 32.1 Å². The van der Waals surface area contributed by atoms with Gasteiger partial charge in [0.25, 0.3) is 0 Å². The first-order chi connectivity index (χ1) is 16.8. The Morgan fingerprint density at radius 3 is 2.63 bits per heavy atom. The van der Waals surface area contributed by atoms with E-state index in [0.717, 1.165) is 37.4 Å². The number of rotatable bonds is 8. The predicted octanol–water partition coefficient (Wildman–Crippen LogP) is 3.70. The zero-order valence-electron chi connectivity index (χ0n) is 21.7. The Hall–Kier alpha value is -2.12. The van der Waals surface area contributed by atoms with Gasteiger partial charge < -0.3 is 25.0 Å². The average Bonchev–Trinajstić information content (AvgIpc) is 3.68. The van der Waals surface area contributed by atoms with Crippen LogP contribution in [0.2, 0.25) is 0 Å². The minimum atomic E-state index is -0.259. The first-order valence-corrected chi connectivity index (χ1v) is 13.5. The van der Waals surface area contributed by atoms with Crippen LogP contribution in [0.3, 0.4) is 0 Å². The second-order valence-corrected chi connectivity index (χ2v) is 11.2. The molecule has 0 saturated heterocycles. The number of benzene rings is 1. The first-order valence-electron chi connectivity index (χ1n) is 13.5. The zero-order valence-corrected chi connectivity index (χ0v) is 21.7. The molecular formula is C28H43N3O4. The highest BCUT2D eigenvalue weighted by atomic mass is 16.5. The smallest absolute Gasteiger partial charge is 0.227 e. The van der Waals surface area contributed by atoms with Gasteiger partial charge >= 0.3 is 0 Å². The molecule has 0 aromatic heterocycles. The minimum absolute atomic E-state index is 0.0230. The molecule has 2 aliphatic carbocycles. The summed E-state index contributed by atoms with van der Waals surface area (Å²) in [5.41, 5.74) is 1.49. The van der Waals surface area contributed by atoms with Crippen LogP contribution in [-0.4, -0.2) is 72.2 Å². The summed E-state index contributed by atoms with van der Waals surface area (Å²) in [5.74, 6) is 1.70. The standard InChI is InChI=1S/C28H43N3O4/c1-19-15-31(20(2)18-32)27(33)14-23-13-24(29-28(34)22-9-10-22)11-12-25(23)35-26(19)17-30(3)16-21-7-5-4-6-8-21/h11-13,19-22,26,32H,4-10,14-18H2,1-3H3,(H,29,34)/t19-,20+,26+/m0/s1. The lowest BCUT2D eigenvalue weighted by molar-refractivity contribution is -0.134. The molecule has 2 saturated carbocycles. The lowest BCUT2D eigenvalue weighted by Crippen LogP contribution is -2.48. The van der Waals surface area contributed by atoms with Crippen molar-refractivity contribution in [2.75, 3.05) is 38.6 Å². The van der Waals surface area contributed by atoms with Crippen LogP contribution in [0.25, 0.3) is 0 Å². The first kappa shape index (κ1) is 26.0. The SMILES string of the molecule is C[C@H](CO)N1C[C@H](C)[C@@H](CN(C)CC2CCCCC2)Oc2ccc(NC(=O)C3CC3)cc2CC1=O. The van der Waals surface area contributed by atoms with Crippen molar-refractivity contribution in [3.05, 3.63) is 23.8 Å². The Kier molecular flexibility index (Phi) is 8.71. The molecule has 4 rings (SSSR count). The topological polar surface area (TPSA) is 82.1 Å². The van der Waals surface area contributed by atoms with Crippen molar-refractivity contribution in [1.29, 1.82) is 0 Å². The summed E-state index contributed by atoms with van der Waals surface area (Å²) >= 11 is 0. The predicted molar refractivity (Wildman–Crippen MR) is 137 cm³/mol. The fourth-order valence-electron chi connectivity index (χ4n) is 5.51. The van der Waals surface area contributed by atoms with Gasteiger partial charge in [-0.1, -0.05) is 26.2 Å². The molecule has 0 bridgehead atoms. The zero-order chi connectivity index (χ0) is 24.9. The fourth-order valence-corrected chi connectivity index (χ4v) is 5.51. The second-order valence-electron chi connectivity index (χ2n) is 11.2. The number of carbonyl (C=O) groups excluding carboxylic acids is 2. The van der Waals surface area contributed by atoms with Crippen LogP contribution < -0.4 is 10.1 Å². The maximum atomic E-state index is 13.3. The van der Waals surface area contributed by atoms with Gasteiger partial charge in [-0.2, -0.15) is 0 Å². The van der Waals surface area contributed by atoms with E-state index in [9.17, 15) is 14.7 Å². The number of nitrogens with one attached hydrogen (secondary N) is 1. The molecule has 194 valence electrons. The molecule has 2 amide bonds. The van der Waals surface area contributed by atoms with Gasteiger partial charge in [-0.05, 0) is 63.8 Å². The number of anilines is 1. The van der Waals surface area contributed by atoms with E-state index in [1.807, 2.05) is 25.1 Å². The van der Waals surface area contributed by atoms with Crippen molar-refractivity contribution < 1.29 is 19.4 Å². The van der Waals surface area contributed by atoms with Crippen LogP contribution in [0.5, 0.6) is 5.75 Å². The van der Waals surface area contributed by atoms with E-state index in [0.29, 0.717) is 18.0 Å². The summed E-state index contributed by atoms with van der Waals surface area (Å²) in [6.45, 7) is 6.35. The van der Waals surface area contributed by atoms with E-state index in [-0.39, 0.29) is 48.8 Å². The molecule has 7 nitrogen and oxygen atoms in total. The minimum Gasteiger partial charge on any atom is -0.488 e. The van der Waals surface area contributed by atoms with Gasteiger partial charge in [0.2, 0.25) is 11.8 Å². The Balaban J connectivity index is 1.55. The van der Waals surface area contributed by atoms with Crippen molar-refractivity contribution in [1.82, 2.24) is 9.80 Å². The summed E-state index contributed by atoms with van der Waals surface area (Å²) < 4.78 is 6.62. The number of nitrogens with zero attached hydrogens (tertiary/aromatic N) is 2. The number of aliphatic hydroxyl groups is 1. The summed E-state index contributed by atoms with van der Waals surface area (Å²) in [5, 5.41) is 12.8. The van der Waals surface area contributed by atoms with E-state index in [4.69, 9.17) is 4.74 Å². The number of amides is 2. The van der Waals surface area contributed by atoms with Crippen molar-refractivity contribution in [3.8, 4) is 5.75 Å². The molecule has 2 N–H and O–H groups in total. The molecule has 2 fully saturated rings. The lowest BCUT2D eigenvalue weighted by Gasteiger charge is -2.35. The molecule has 7 heteroatoms. The van der Waals surface area contributed by atoms with Crippen LogP contribution in [0.15, 0.2) is 18.2 Å². The van der Waals surface area contributed by atoms with Gasteiger partial charge in [-0.3, -0.25) is 9.59 Å². The highest BCUT2D eigenvalue weighted by molar-refractivity contribution is 5.94. The van der Waals surface area contributed by atoms with Crippen LogP contribution in [0, 0.1) is 17.8 Å². The Bertz CT molecular complexity index is 881. The number of ether oxygens (including phenoxy) is 1. The van der Waals surface area contributed by atoms with Gasteiger partial charge in [0.15, 0.2) is 0 Å². The van der Waals surface area contributed by atoms with Crippen molar-refractivity contribution >= 4 is 17.5 Å². The van der Waals surface area contributed by atoms with Gasteiger partial charge in [0, 0.05) is 42.7 Å². The molecule has 0 radical (unpaired) electrons. The maximum Gasteiger partial charge on any atom is 0.227 e. The normalized spacial score (nSPS) is 24.7. The monoisotopic (exact) mass is 485 g/mol. The average molecular weight is 486 g/mol. The molecule has 1 aliphatic heterocycles. The van der Waals surface area contributed by atoms with Gasteiger partial charge in [-0.15, -0.1) is 0 Å². The summed E-state index contributed by atoms with van der Waals surface area (Å²) in [4.78, 5) is 29.8. The number of hydrogen-bond donors (Lipinski definition) is 2. The number of aliphatic hydroxyl groups excluding tert-OH is 1. The third kappa shape index (κ3) is 6.98. The molecular weight excluding hydrogens is 442 g/mol. The molecule has 3 aliphatic rings. The van der Waals surface area contributed by atoms with Crippen LogP contribution in [0.4, 0.5) is 5.69 Å². The molecule has 1 aromatic carbocycles. The molecule has 3 atom stereocenters. The van der Waals surface area contributed by atoms with E-state index >= 15 is 0 Å². The third-order valence-corrected chi connectivity index (χ3v) is 7.92. The highest BCUT2D eigenvalue weighted by Gasteiger charge is 2.32. The molecule has 0 spiro atoms. The largest absolute Gasteiger partial charge is 0.488 e. The summed E-state index contributed by atoms with van der Waals surface area (Å²) in [6.07, 6.45) is 8.62. The van der Waals surface area contributed by atoms with Crippen LogP contribution in [-0.2, 0) is 16.0 Å². The van der Waals surface area contributed by atoms with Gasteiger partial charge in [0.05, 0.1) is 19.1 Å². The molecule has 35 heavy (non-hydrogen) atoms. The maximum absolute atomic E-state index is 13.3. The Labute approximate surface area is 210 Å². The van der Waals surface area contributed by atoms with Crippen molar-refractivity contribution in [3.63, 3.8) is 0 Å². The number of carbonyl (C=O) groups is 2. The number of fused-ring (bicyclic) bond motifs is 1. The van der Waals surface area contributed by atoms with Gasteiger partial charge in [0.1, 0.15) is 11.9 Å². The van der Waals surface area contributed by atoms with Crippen LogP contribution >= 0.6 is 0 Å². The summed E-state index contributed by atoms with van der Waals surface area (Å²) in [7, 11) is 2.17. The highest BCUT2D eigenvalue weighted by Crippen LogP contribution is 2.33. The van der Waals surface area contributed by atoms with E-state index in [2.05, 4.69) is 24.2 Å².